The highest BCUT2D eigenvalue weighted by Gasteiger charge is 2.38. The predicted molar refractivity (Wildman–Crippen MR) is 72.7 cm³/mol. The number of nitrogens with zero attached hydrogens (tertiary/aromatic N) is 1. The lowest BCUT2D eigenvalue weighted by molar-refractivity contribution is -0.142. The van der Waals surface area contributed by atoms with Crippen molar-refractivity contribution in [2.45, 2.75) is 19.4 Å². The van der Waals surface area contributed by atoms with Crippen LogP contribution in [0, 0.1) is 5.92 Å². The Balaban J connectivity index is 2.21. The van der Waals surface area contributed by atoms with Gasteiger partial charge in [0, 0.05) is 18.2 Å². The van der Waals surface area contributed by atoms with E-state index in [4.69, 9.17) is 28.3 Å². The van der Waals surface area contributed by atoms with Crippen LogP contribution >= 0.6 is 23.2 Å². The van der Waals surface area contributed by atoms with Crippen molar-refractivity contribution in [3.8, 4) is 0 Å². The fourth-order valence-electron chi connectivity index (χ4n) is 2.35. The van der Waals surface area contributed by atoms with Gasteiger partial charge in [-0.05, 0) is 31.5 Å². The van der Waals surface area contributed by atoms with Gasteiger partial charge in [-0.15, -0.1) is 0 Å². The van der Waals surface area contributed by atoms with Crippen LogP contribution in [0.3, 0.4) is 0 Å². The monoisotopic (exact) mass is 301 g/mol. The molecular formula is C13H13Cl2NO3. The lowest BCUT2D eigenvalue weighted by Crippen LogP contribution is -2.37. The van der Waals surface area contributed by atoms with E-state index in [0.717, 1.165) is 0 Å². The van der Waals surface area contributed by atoms with Crippen molar-refractivity contribution in [3.05, 3.63) is 33.8 Å². The van der Waals surface area contributed by atoms with Crippen molar-refractivity contribution in [3.63, 3.8) is 0 Å². The van der Waals surface area contributed by atoms with E-state index in [-0.39, 0.29) is 11.9 Å². The molecule has 2 atom stereocenters. The highest BCUT2D eigenvalue weighted by atomic mass is 35.5. The van der Waals surface area contributed by atoms with Crippen LogP contribution in [0.25, 0.3) is 0 Å². The summed E-state index contributed by atoms with van der Waals surface area (Å²) in [5.74, 6) is -1.58. The Hall–Kier alpha value is -1.26. The van der Waals surface area contributed by atoms with Crippen molar-refractivity contribution < 1.29 is 14.7 Å². The second-order valence-electron chi connectivity index (χ2n) is 4.60. The lowest BCUT2D eigenvalue weighted by Gasteiger charge is -2.23. The number of carboxylic acid groups (broad SMARTS) is 1. The molecule has 0 spiro atoms. The number of carbonyl (C=O) groups excluding carboxylic acids is 1. The first-order valence-corrected chi connectivity index (χ1v) is 6.66. The molecule has 1 amide bonds. The quantitative estimate of drug-likeness (QED) is 0.914. The molecule has 1 fully saturated rings. The van der Waals surface area contributed by atoms with Crippen LogP contribution in [0.4, 0.5) is 0 Å². The molecule has 0 radical (unpaired) electrons. The summed E-state index contributed by atoms with van der Waals surface area (Å²) in [4.78, 5) is 24.9. The summed E-state index contributed by atoms with van der Waals surface area (Å²) in [7, 11) is 0. The van der Waals surface area contributed by atoms with Crippen LogP contribution in [-0.4, -0.2) is 34.5 Å². The first-order valence-electron chi connectivity index (χ1n) is 5.90. The van der Waals surface area contributed by atoms with E-state index in [2.05, 4.69) is 0 Å². The van der Waals surface area contributed by atoms with E-state index >= 15 is 0 Å². The van der Waals surface area contributed by atoms with Gasteiger partial charge in [0.25, 0.3) is 5.91 Å². The SMILES string of the molecule is CC1C(C(=O)O)CCN1C(=O)c1ccc(Cl)c(Cl)c1. The van der Waals surface area contributed by atoms with Gasteiger partial charge in [-0.25, -0.2) is 0 Å². The topological polar surface area (TPSA) is 57.6 Å². The highest BCUT2D eigenvalue weighted by Crippen LogP contribution is 2.28. The summed E-state index contributed by atoms with van der Waals surface area (Å²) in [6, 6.07) is 4.34. The number of amides is 1. The van der Waals surface area contributed by atoms with E-state index in [0.29, 0.717) is 28.6 Å². The van der Waals surface area contributed by atoms with Gasteiger partial charge in [0.2, 0.25) is 0 Å². The van der Waals surface area contributed by atoms with Gasteiger partial charge in [0.1, 0.15) is 0 Å². The Morgan fingerprint density at radius 2 is 2.00 bits per heavy atom. The molecule has 102 valence electrons. The number of carboxylic acids is 1. The Morgan fingerprint density at radius 1 is 1.32 bits per heavy atom. The molecule has 1 N–H and O–H groups in total. The molecule has 0 aliphatic carbocycles. The largest absolute Gasteiger partial charge is 0.481 e. The maximum atomic E-state index is 12.3. The molecule has 0 bridgehead atoms. The van der Waals surface area contributed by atoms with Gasteiger partial charge >= 0.3 is 5.97 Å². The maximum Gasteiger partial charge on any atom is 0.308 e. The standard InChI is InChI=1S/C13H13Cl2NO3/c1-7-9(13(18)19)4-5-16(7)12(17)8-2-3-10(14)11(15)6-8/h2-3,6-7,9H,4-5H2,1H3,(H,18,19). The number of aliphatic carboxylic acids is 1. The lowest BCUT2D eigenvalue weighted by atomic mass is 10.0. The third-order valence-electron chi connectivity index (χ3n) is 3.50. The van der Waals surface area contributed by atoms with E-state index < -0.39 is 11.9 Å². The number of likely N-dealkylation sites (tertiary alicyclic amines) is 1. The predicted octanol–water partition coefficient (Wildman–Crippen LogP) is 2.93. The zero-order chi connectivity index (χ0) is 14.2. The van der Waals surface area contributed by atoms with Gasteiger partial charge < -0.3 is 10.0 Å². The summed E-state index contributed by atoms with van der Waals surface area (Å²) in [6.45, 7) is 2.19. The maximum absolute atomic E-state index is 12.3. The number of benzene rings is 1. The molecule has 1 aliphatic heterocycles. The van der Waals surface area contributed by atoms with Crippen molar-refractivity contribution in [1.29, 1.82) is 0 Å². The van der Waals surface area contributed by atoms with Gasteiger partial charge in [0.05, 0.1) is 16.0 Å². The molecule has 2 unspecified atom stereocenters. The average Bonchev–Trinajstić information content (AvgIpc) is 2.74. The van der Waals surface area contributed by atoms with E-state index in [1.807, 2.05) is 0 Å². The first-order chi connectivity index (χ1) is 8.91. The van der Waals surface area contributed by atoms with Crippen LogP contribution in [0.2, 0.25) is 10.0 Å². The molecule has 4 nitrogen and oxygen atoms in total. The van der Waals surface area contributed by atoms with E-state index in [1.165, 1.54) is 6.07 Å². The number of hydrogen-bond donors (Lipinski definition) is 1. The molecule has 1 aromatic rings. The number of halogens is 2. The van der Waals surface area contributed by atoms with Crippen LogP contribution in [0.5, 0.6) is 0 Å². The van der Waals surface area contributed by atoms with E-state index in [1.54, 1.807) is 24.0 Å². The first kappa shape index (κ1) is 14.2. The highest BCUT2D eigenvalue weighted by molar-refractivity contribution is 6.42. The third-order valence-corrected chi connectivity index (χ3v) is 4.24. The van der Waals surface area contributed by atoms with Gasteiger partial charge in [-0.2, -0.15) is 0 Å². The summed E-state index contributed by atoms with van der Waals surface area (Å²) in [5, 5.41) is 9.76. The second-order valence-corrected chi connectivity index (χ2v) is 5.42. The average molecular weight is 302 g/mol. The molecule has 0 saturated carbocycles. The number of carbonyl (C=O) groups is 2. The molecular weight excluding hydrogens is 289 g/mol. The molecule has 19 heavy (non-hydrogen) atoms. The number of rotatable bonds is 2. The molecule has 0 aromatic heterocycles. The van der Waals surface area contributed by atoms with Crippen molar-refractivity contribution in [2.75, 3.05) is 6.54 Å². The van der Waals surface area contributed by atoms with Crippen molar-refractivity contribution in [2.24, 2.45) is 5.92 Å². The Bertz CT molecular complexity index is 533. The molecule has 6 heteroatoms. The Morgan fingerprint density at radius 3 is 2.53 bits per heavy atom. The molecule has 1 aliphatic rings. The molecule has 1 saturated heterocycles. The molecule has 2 rings (SSSR count). The summed E-state index contributed by atoms with van der Waals surface area (Å²) in [5.41, 5.74) is 0.423. The summed E-state index contributed by atoms with van der Waals surface area (Å²) < 4.78 is 0. The van der Waals surface area contributed by atoms with Crippen molar-refractivity contribution in [1.82, 2.24) is 4.90 Å². The minimum atomic E-state index is -0.864. The Labute approximate surface area is 120 Å². The summed E-state index contributed by atoms with van der Waals surface area (Å²) in [6.07, 6.45) is 0.476. The zero-order valence-electron chi connectivity index (χ0n) is 10.3. The van der Waals surface area contributed by atoms with Crippen LogP contribution < -0.4 is 0 Å². The Kier molecular flexibility index (Phi) is 4.02. The third kappa shape index (κ3) is 2.69. The van der Waals surface area contributed by atoms with Crippen LogP contribution in [-0.2, 0) is 4.79 Å². The van der Waals surface area contributed by atoms with Crippen LogP contribution in [0.15, 0.2) is 18.2 Å². The van der Waals surface area contributed by atoms with Crippen molar-refractivity contribution >= 4 is 35.1 Å². The number of hydrogen-bond acceptors (Lipinski definition) is 2. The summed E-state index contributed by atoms with van der Waals surface area (Å²) >= 11 is 11.7. The van der Waals surface area contributed by atoms with Gasteiger partial charge in [0.15, 0.2) is 0 Å². The second kappa shape index (κ2) is 5.39. The minimum absolute atomic E-state index is 0.213. The van der Waals surface area contributed by atoms with Crippen LogP contribution in [0.1, 0.15) is 23.7 Å². The smallest absolute Gasteiger partial charge is 0.308 e. The van der Waals surface area contributed by atoms with Gasteiger partial charge in [-0.1, -0.05) is 23.2 Å². The molecule has 1 aromatic carbocycles. The fourth-order valence-corrected chi connectivity index (χ4v) is 2.65. The van der Waals surface area contributed by atoms with E-state index in [9.17, 15) is 9.59 Å². The van der Waals surface area contributed by atoms with Gasteiger partial charge in [-0.3, -0.25) is 9.59 Å². The minimum Gasteiger partial charge on any atom is -0.481 e. The zero-order valence-corrected chi connectivity index (χ0v) is 11.8. The molecule has 1 heterocycles. The fraction of sp³-hybridized carbons (Fsp3) is 0.385. The normalized spacial score (nSPS) is 22.6.